The summed E-state index contributed by atoms with van der Waals surface area (Å²) in [6.07, 6.45) is 1.05. The van der Waals surface area contributed by atoms with Gasteiger partial charge >= 0.3 is 5.97 Å². The Hall–Kier alpha value is -0.940. The molecule has 0 saturated heterocycles. The summed E-state index contributed by atoms with van der Waals surface area (Å²) < 4.78 is 0. The number of nitrogens with zero attached hydrogens (tertiary/aromatic N) is 1. The SMILES string of the molecule is CCC(C)NCc1csc(C(=O)O)n1. The lowest BCUT2D eigenvalue weighted by Gasteiger charge is -2.08. The molecule has 1 heterocycles. The molecular formula is C9H14N2O2S. The molecule has 5 heteroatoms. The van der Waals surface area contributed by atoms with Gasteiger partial charge in [-0.1, -0.05) is 6.92 Å². The average molecular weight is 214 g/mol. The molecule has 1 aromatic heterocycles. The second kappa shape index (κ2) is 5.07. The minimum Gasteiger partial charge on any atom is -0.476 e. The highest BCUT2D eigenvalue weighted by atomic mass is 32.1. The Labute approximate surface area is 87.0 Å². The van der Waals surface area contributed by atoms with Gasteiger partial charge in [0.25, 0.3) is 0 Å². The molecule has 0 fully saturated rings. The lowest BCUT2D eigenvalue weighted by Crippen LogP contribution is -2.24. The van der Waals surface area contributed by atoms with Crippen molar-refractivity contribution in [2.75, 3.05) is 0 Å². The van der Waals surface area contributed by atoms with Gasteiger partial charge in [-0.05, 0) is 13.3 Å². The summed E-state index contributed by atoms with van der Waals surface area (Å²) in [5.41, 5.74) is 0.799. The van der Waals surface area contributed by atoms with Gasteiger partial charge in [-0.25, -0.2) is 9.78 Å². The summed E-state index contributed by atoms with van der Waals surface area (Å²) >= 11 is 1.17. The standard InChI is InChI=1S/C9H14N2O2S/c1-3-6(2)10-4-7-5-14-8(11-7)9(12)13/h5-6,10H,3-4H2,1-2H3,(H,12,13). The van der Waals surface area contributed by atoms with Gasteiger partial charge in [0, 0.05) is 18.0 Å². The molecule has 0 aliphatic carbocycles. The van der Waals surface area contributed by atoms with Crippen LogP contribution in [0.2, 0.25) is 0 Å². The number of carboxylic acids is 1. The fourth-order valence-corrected chi connectivity index (χ4v) is 1.56. The Balaban J connectivity index is 2.48. The molecule has 1 rings (SSSR count). The number of hydrogen-bond acceptors (Lipinski definition) is 4. The summed E-state index contributed by atoms with van der Waals surface area (Å²) in [6.45, 7) is 4.82. The first-order chi connectivity index (χ1) is 6.63. The van der Waals surface area contributed by atoms with E-state index in [4.69, 9.17) is 5.11 Å². The van der Waals surface area contributed by atoms with Crippen LogP contribution in [0.4, 0.5) is 0 Å². The lowest BCUT2D eigenvalue weighted by atomic mass is 10.2. The van der Waals surface area contributed by atoms with Crippen molar-refractivity contribution in [3.63, 3.8) is 0 Å². The number of thiazole rings is 1. The van der Waals surface area contributed by atoms with E-state index in [-0.39, 0.29) is 5.01 Å². The minimum atomic E-state index is -0.954. The van der Waals surface area contributed by atoms with Crippen LogP contribution in [-0.4, -0.2) is 22.1 Å². The third kappa shape index (κ3) is 3.08. The zero-order valence-corrected chi connectivity index (χ0v) is 9.10. The number of aromatic carboxylic acids is 1. The van der Waals surface area contributed by atoms with Crippen LogP contribution in [0.5, 0.6) is 0 Å². The van der Waals surface area contributed by atoms with Crippen LogP contribution in [-0.2, 0) is 6.54 Å². The van der Waals surface area contributed by atoms with Crippen molar-refractivity contribution in [2.24, 2.45) is 0 Å². The van der Waals surface area contributed by atoms with E-state index in [0.717, 1.165) is 12.1 Å². The zero-order valence-electron chi connectivity index (χ0n) is 8.28. The average Bonchev–Trinajstić information content (AvgIpc) is 2.62. The van der Waals surface area contributed by atoms with Crippen molar-refractivity contribution >= 4 is 17.3 Å². The molecule has 1 atom stereocenters. The summed E-state index contributed by atoms with van der Waals surface area (Å²) in [4.78, 5) is 14.5. The molecule has 0 bridgehead atoms. The molecule has 4 nitrogen and oxygen atoms in total. The van der Waals surface area contributed by atoms with Crippen molar-refractivity contribution < 1.29 is 9.90 Å². The predicted octanol–water partition coefficient (Wildman–Crippen LogP) is 1.73. The summed E-state index contributed by atoms with van der Waals surface area (Å²) in [5.74, 6) is -0.954. The molecule has 0 radical (unpaired) electrons. The molecule has 0 aromatic carbocycles. The molecule has 0 amide bonds. The maximum absolute atomic E-state index is 10.5. The second-order valence-corrected chi connectivity index (χ2v) is 4.00. The van der Waals surface area contributed by atoms with E-state index in [1.807, 2.05) is 0 Å². The number of hydrogen-bond donors (Lipinski definition) is 2. The van der Waals surface area contributed by atoms with E-state index >= 15 is 0 Å². The van der Waals surface area contributed by atoms with Crippen LogP contribution in [0.1, 0.15) is 35.8 Å². The Morgan fingerprint density at radius 3 is 3.00 bits per heavy atom. The summed E-state index contributed by atoms with van der Waals surface area (Å²) in [7, 11) is 0. The van der Waals surface area contributed by atoms with Gasteiger partial charge < -0.3 is 10.4 Å². The molecule has 0 spiro atoms. The molecule has 1 aromatic rings. The van der Waals surface area contributed by atoms with Crippen molar-refractivity contribution in [2.45, 2.75) is 32.9 Å². The molecular weight excluding hydrogens is 200 g/mol. The lowest BCUT2D eigenvalue weighted by molar-refractivity contribution is 0.0696. The molecule has 0 aliphatic rings. The highest BCUT2D eigenvalue weighted by Gasteiger charge is 2.08. The van der Waals surface area contributed by atoms with Gasteiger partial charge in [0.05, 0.1) is 5.69 Å². The molecule has 78 valence electrons. The highest BCUT2D eigenvalue weighted by molar-refractivity contribution is 7.11. The monoisotopic (exact) mass is 214 g/mol. The number of nitrogens with one attached hydrogen (secondary N) is 1. The normalized spacial score (nSPS) is 12.7. The Morgan fingerprint density at radius 1 is 1.79 bits per heavy atom. The number of carboxylic acid groups (broad SMARTS) is 1. The van der Waals surface area contributed by atoms with Crippen LogP contribution < -0.4 is 5.32 Å². The molecule has 0 aliphatic heterocycles. The Kier molecular flexibility index (Phi) is 4.03. The third-order valence-electron chi connectivity index (χ3n) is 1.98. The Bertz CT molecular complexity index is 312. The van der Waals surface area contributed by atoms with Crippen molar-refractivity contribution in [1.82, 2.24) is 10.3 Å². The largest absolute Gasteiger partial charge is 0.476 e. The smallest absolute Gasteiger partial charge is 0.365 e. The zero-order chi connectivity index (χ0) is 10.6. The van der Waals surface area contributed by atoms with Gasteiger partial charge in [0.15, 0.2) is 0 Å². The molecule has 2 N–H and O–H groups in total. The van der Waals surface area contributed by atoms with E-state index in [9.17, 15) is 4.79 Å². The van der Waals surface area contributed by atoms with E-state index in [2.05, 4.69) is 24.1 Å². The van der Waals surface area contributed by atoms with Crippen LogP contribution in [0, 0.1) is 0 Å². The quantitative estimate of drug-likeness (QED) is 0.783. The van der Waals surface area contributed by atoms with Crippen molar-refractivity contribution in [1.29, 1.82) is 0 Å². The maximum Gasteiger partial charge on any atom is 0.365 e. The fraction of sp³-hybridized carbons (Fsp3) is 0.556. The molecule has 0 saturated carbocycles. The van der Waals surface area contributed by atoms with E-state index in [1.165, 1.54) is 11.3 Å². The van der Waals surface area contributed by atoms with E-state index < -0.39 is 5.97 Å². The van der Waals surface area contributed by atoms with Crippen molar-refractivity contribution in [3.05, 3.63) is 16.1 Å². The maximum atomic E-state index is 10.5. The van der Waals surface area contributed by atoms with Gasteiger partial charge in [0.1, 0.15) is 0 Å². The summed E-state index contributed by atoms with van der Waals surface area (Å²) in [6, 6.07) is 0.435. The van der Waals surface area contributed by atoms with Crippen LogP contribution in [0.3, 0.4) is 0 Å². The Morgan fingerprint density at radius 2 is 2.50 bits per heavy atom. The molecule has 1 unspecified atom stereocenters. The van der Waals surface area contributed by atoms with E-state index in [1.54, 1.807) is 5.38 Å². The van der Waals surface area contributed by atoms with Gasteiger partial charge in [-0.15, -0.1) is 11.3 Å². The predicted molar refractivity (Wildman–Crippen MR) is 55.7 cm³/mol. The number of aromatic nitrogens is 1. The van der Waals surface area contributed by atoms with Crippen LogP contribution in [0.25, 0.3) is 0 Å². The third-order valence-corrected chi connectivity index (χ3v) is 2.86. The minimum absolute atomic E-state index is 0.158. The topological polar surface area (TPSA) is 62.2 Å². The molecule has 14 heavy (non-hydrogen) atoms. The second-order valence-electron chi connectivity index (χ2n) is 3.14. The first kappa shape index (κ1) is 11.1. The van der Waals surface area contributed by atoms with Crippen LogP contribution in [0.15, 0.2) is 5.38 Å². The number of rotatable bonds is 5. The first-order valence-corrected chi connectivity index (χ1v) is 5.42. The van der Waals surface area contributed by atoms with Gasteiger partial charge in [-0.2, -0.15) is 0 Å². The van der Waals surface area contributed by atoms with Gasteiger partial charge in [0.2, 0.25) is 5.01 Å². The highest BCUT2D eigenvalue weighted by Crippen LogP contribution is 2.09. The van der Waals surface area contributed by atoms with Gasteiger partial charge in [-0.3, -0.25) is 0 Å². The fourth-order valence-electron chi connectivity index (χ4n) is 0.910. The summed E-state index contributed by atoms with van der Waals surface area (Å²) in [5, 5.41) is 13.8. The number of carbonyl (C=O) groups is 1. The first-order valence-electron chi connectivity index (χ1n) is 4.54. The van der Waals surface area contributed by atoms with Crippen molar-refractivity contribution in [3.8, 4) is 0 Å². The van der Waals surface area contributed by atoms with E-state index in [0.29, 0.717) is 12.6 Å². The van der Waals surface area contributed by atoms with Crippen LogP contribution >= 0.6 is 11.3 Å².